The molecule has 0 spiro atoms. The number of carbonyl (C=O) groups excluding carboxylic acids is 1. The van der Waals surface area contributed by atoms with Gasteiger partial charge in [-0.15, -0.1) is 0 Å². The van der Waals surface area contributed by atoms with Crippen LogP contribution in [0.25, 0.3) is 21.0 Å². The maximum atomic E-state index is 13.0. The Morgan fingerprint density at radius 1 is 1.00 bits per heavy atom. The highest BCUT2D eigenvalue weighted by molar-refractivity contribution is 7.16. The SMILES string of the molecule is CCOCCn1c(=NC(=O)c2ccc3ccccc3c2)sc2cc(OCC)ccc21. The van der Waals surface area contributed by atoms with Gasteiger partial charge in [0.1, 0.15) is 5.75 Å². The fraction of sp³-hybridized carbons (Fsp3) is 0.250. The van der Waals surface area contributed by atoms with Crippen molar-refractivity contribution in [3.05, 3.63) is 71.0 Å². The Hall–Kier alpha value is -2.96. The zero-order chi connectivity index (χ0) is 20.9. The third-order valence-corrected chi connectivity index (χ3v) is 5.86. The van der Waals surface area contributed by atoms with Crippen LogP contribution in [0.3, 0.4) is 0 Å². The van der Waals surface area contributed by atoms with Crippen LogP contribution in [0.5, 0.6) is 5.75 Å². The first-order valence-corrected chi connectivity index (χ1v) is 10.9. The molecule has 0 N–H and O–H groups in total. The van der Waals surface area contributed by atoms with Crippen LogP contribution in [0.1, 0.15) is 24.2 Å². The van der Waals surface area contributed by atoms with Gasteiger partial charge in [-0.2, -0.15) is 4.99 Å². The molecular weight excluding hydrogens is 396 g/mol. The average Bonchev–Trinajstić information content (AvgIpc) is 3.10. The molecule has 0 saturated carbocycles. The zero-order valence-electron chi connectivity index (χ0n) is 17.1. The molecule has 0 aliphatic carbocycles. The first-order chi connectivity index (χ1) is 14.7. The van der Waals surface area contributed by atoms with E-state index in [-0.39, 0.29) is 5.91 Å². The minimum absolute atomic E-state index is 0.248. The van der Waals surface area contributed by atoms with Gasteiger partial charge >= 0.3 is 0 Å². The molecule has 0 radical (unpaired) electrons. The van der Waals surface area contributed by atoms with Crippen LogP contribution < -0.4 is 9.54 Å². The lowest BCUT2D eigenvalue weighted by atomic mass is 10.1. The number of amides is 1. The first kappa shape index (κ1) is 20.3. The second kappa shape index (κ2) is 9.24. The van der Waals surface area contributed by atoms with Gasteiger partial charge in [-0.25, -0.2) is 0 Å². The van der Waals surface area contributed by atoms with Crippen molar-refractivity contribution >= 4 is 38.2 Å². The van der Waals surface area contributed by atoms with E-state index in [4.69, 9.17) is 9.47 Å². The monoisotopic (exact) mass is 420 g/mol. The number of carbonyl (C=O) groups is 1. The molecule has 30 heavy (non-hydrogen) atoms. The number of ether oxygens (including phenoxy) is 2. The van der Waals surface area contributed by atoms with Gasteiger partial charge in [0, 0.05) is 18.7 Å². The van der Waals surface area contributed by atoms with Gasteiger partial charge in [-0.3, -0.25) is 4.79 Å². The Morgan fingerprint density at radius 3 is 2.63 bits per heavy atom. The van der Waals surface area contributed by atoms with E-state index >= 15 is 0 Å². The molecule has 154 valence electrons. The molecule has 0 bridgehead atoms. The van der Waals surface area contributed by atoms with Crippen molar-refractivity contribution in [1.82, 2.24) is 4.57 Å². The van der Waals surface area contributed by atoms with Crippen molar-refractivity contribution < 1.29 is 14.3 Å². The molecule has 0 fully saturated rings. The third kappa shape index (κ3) is 4.30. The second-order valence-corrected chi connectivity index (χ2v) is 7.78. The van der Waals surface area contributed by atoms with Crippen LogP contribution in [0, 0.1) is 0 Å². The molecule has 4 rings (SSSR count). The summed E-state index contributed by atoms with van der Waals surface area (Å²) in [5, 5.41) is 2.13. The summed E-state index contributed by atoms with van der Waals surface area (Å²) in [6.07, 6.45) is 0. The average molecular weight is 421 g/mol. The molecule has 4 aromatic rings. The lowest BCUT2D eigenvalue weighted by Gasteiger charge is -2.06. The molecule has 0 aliphatic rings. The van der Waals surface area contributed by atoms with Crippen LogP contribution in [-0.4, -0.2) is 30.3 Å². The summed E-state index contributed by atoms with van der Waals surface area (Å²) < 4.78 is 14.2. The number of hydrogen-bond acceptors (Lipinski definition) is 4. The molecule has 0 unspecified atom stereocenters. The number of hydrogen-bond donors (Lipinski definition) is 0. The number of aromatic nitrogens is 1. The van der Waals surface area contributed by atoms with Gasteiger partial charge in [-0.1, -0.05) is 41.7 Å². The van der Waals surface area contributed by atoms with E-state index in [2.05, 4.69) is 4.99 Å². The summed E-state index contributed by atoms with van der Waals surface area (Å²) in [5.74, 6) is 0.568. The maximum Gasteiger partial charge on any atom is 0.279 e. The summed E-state index contributed by atoms with van der Waals surface area (Å²) in [6, 6.07) is 19.6. The number of thiazole rings is 1. The highest BCUT2D eigenvalue weighted by Crippen LogP contribution is 2.24. The molecule has 0 atom stereocenters. The van der Waals surface area contributed by atoms with Gasteiger partial charge in [-0.05, 0) is 55.0 Å². The molecular formula is C24H24N2O3S. The predicted octanol–water partition coefficient (Wildman–Crippen LogP) is 5.03. The van der Waals surface area contributed by atoms with Crippen molar-refractivity contribution in [1.29, 1.82) is 0 Å². The Bertz CT molecular complexity index is 1260. The van der Waals surface area contributed by atoms with Gasteiger partial charge in [0.25, 0.3) is 5.91 Å². The lowest BCUT2D eigenvalue weighted by molar-refractivity contribution is 0.0996. The Kier molecular flexibility index (Phi) is 6.26. The summed E-state index contributed by atoms with van der Waals surface area (Å²) in [7, 11) is 0. The van der Waals surface area contributed by atoms with Crippen molar-refractivity contribution in [2.75, 3.05) is 19.8 Å². The minimum Gasteiger partial charge on any atom is -0.494 e. The highest BCUT2D eigenvalue weighted by atomic mass is 32.1. The third-order valence-electron chi connectivity index (χ3n) is 4.82. The molecule has 5 nitrogen and oxygen atoms in total. The highest BCUT2D eigenvalue weighted by Gasteiger charge is 2.11. The summed E-state index contributed by atoms with van der Waals surface area (Å²) in [4.78, 5) is 18.1. The number of fused-ring (bicyclic) bond motifs is 2. The van der Waals surface area contributed by atoms with E-state index in [9.17, 15) is 4.79 Å². The van der Waals surface area contributed by atoms with Crippen LogP contribution in [0.2, 0.25) is 0 Å². The fourth-order valence-corrected chi connectivity index (χ4v) is 4.47. The van der Waals surface area contributed by atoms with E-state index in [1.54, 1.807) is 0 Å². The predicted molar refractivity (Wildman–Crippen MR) is 121 cm³/mol. The van der Waals surface area contributed by atoms with E-state index in [1.165, 1.54) is 11.3 Å². The molecule has 1 aromatic heterocycles. The van der Waals surface area contributed by atoms with E-state index in [0.717, 1.165) is 26.7 Å². The Labute approximate surface area is 179 Å². The fourth-order valence-electron chi connectivity index (χ4n) is 3.39. The van der Waals surface area contributed by atoms with Crippen molar-refractivity contribution in [3.63, 3.8) is 0 Å². The molecule has 1 heterocycles. The smallest absolute Gasteiger partial charge is 0.279 e. The van der Waals surface area contributed by atoms with Crippen LogP contribution >= 0.6 is 11.3 Å². The molecule has 3 aromatic carbocycles. The summed E-state index contributed by atoms with van der Waals surface area (Å²) >= 11 is 1.49. The van der Waals surface area contributed by atoms with Crippen LogP contribution in [0.4, 0.5) is 0 Å². The quantitative estimate of drug-likeness (QED) is 0.394. The van der Waals surface area contributed by atoms with Crippen molar-refractivity contribution in [3.8, 4) is 5.75 Å². The van der Waals surface area contributed by atoms with Crippen molar-refractivity contribution in [2.24, 2.45) is 4.99 Å². The van der Waals surface area contributed by atoms with Gasteiger partial charge < -0.3 is 14.0 Å². The number of benzene rings is 3. The Morgan fingerprint density at radius 2 is 1.83 bits per heavy atom. The normalized spacial score (nSPS) is 12.0. The maximum absolute atomic E-state index is 13.0. The summed E-state index contributed by atoms with van der Waals surface area (Å²) in [5.41, 5.74) is 1.60. The molecule has 0 saturated heterocycles. The number of nitrogens with zero attached hydrogens (tertiary/aromatic N) is 2. The molecule has 1 amide bonds. The molecule has 6 heteroatoms. The van der Waals surface area contributed by atoms with E-state index in [0.29, 0.717) is 36.7 Å². The van der Waals surface area contributed by atoms with Gasteiger partial charge in [0.05, 0.1) is 23.4 Å². The van der Waals surface area contributed by atoms with Gasteiger partial charge in [0.15, 0.2) is 4.80 Å². The lowest BCUT2D eigenvalue weighted by Crippen LogP contribution is -2.19. The summed E-state index contributed by atoms with van der Waals surface area (Å²) in [6.45, 7) is 6.39. The molecule has 0 aliphatic heterocycles. The van der Waals surface area contributed by atoms with Crippen LogP contribution in [-0.2, 0) is 11.3 Å². The van der Waals surface area contributed by atoms with E-state index in [1.807, 2.05) is 79.1 Å². The minimum atomic E-state index is -0.248. The van der Waals surface area contributed by atoms with Crippen molar-refractivity contribution in [2.45, 2.75) is 20.4 Å². The zero-order valence-corrected chi connectivity index (χ0v) is 17.9. The topological polar surface area (TPSA) is 52.8 Å². The van der Waals surface area contributed by atoms with E-state index < -0.39 is 0 Å². The first-order valence-electron chi connectivity index (χ1n) is 10.1. The Balaban J connectivity index is 1.76. The van der Waals surface area contributed by atoms with Crippen LogP contribution in [0.15, 0.2) is 65.7 Å². The largest absolute Gasteiger partial charge is 0.494 e. The number of rotatable bonds is 7. The standard InChI is InChI=1S/C24H24N2O3S/c1-3-28-14-13-26-21-12-11-20(29-4-2)16-22(21)30-24(26)25-23(27)19-10-9-17-7-5-6-8-18(17)15-19/h5-12,15-16H,3-4,13-14H2,1-2H3. The second-order valence-electron chi connectivity index (χ2n) is 6.77. The van der Waals surface area contributed by atoms with Gasteiger partial charge in [0.2, 0.25) is 0 Å².